The van der Waals surface area contributed by atoms with Crippen molar-refractivity contribution in [3.05, 3.63) is 52.8 Å². The number of aromatic nitrogens is 2. The number of carbonyl (C=O) groups is 2. The third-order valence-electron chi connectivity index (χ3n) is 5.38. The molecule has 26 heavy (non-hydrogen) atoms. The van der Waals surface area contributed by atoms with Crippen molar-refractivity contribution in [1.82, 2.24) is 20.4 Å². The summed E-state index contributed by atoms with van der Waals surface area (Å²) in [5, 5.41) is 18.7. The summed E-state index contributed by atoms with van der Waals surface area (Å²) in [5.41, 5.74) is 2.44. The van der Waals surface area contributed by atoms with Crippen LogP contribution in [0.3, 0.4) is 0 Å². The van der Waals surface area contributed by atoms with Gasteiger partial charge in [-0.2, -0.15) is 5.10 Å². The number of amides is 2. The minimum atomic E-state index is -0.276. The van der Waals surface area contributed by atoms with Crippen molar-refractivity contribution in [2.24, 2.45) is 11.8 Å². The SMILES string of the molecule is Cc1ccccc1C(=O)N1C[C@@H]2C[C@@H]2[C@@H](NC(=O)c2cc(CO)[nH]n2)C1. The van der Waals surface area contributed by atoms with Gasteiger partial charge in [-0.25, -0.2) is 0 Å². The summed E-state index contributed by atoms with van der Waals surface area (Å²) in [7, 11) is 0. The number of aromatic amines is 1. The number of likely N-dealkylation sites (tertiary alicyclic amines) is 1. The summed E-state index contributed by atoms with van der Waals surface area (Å²) in [4.78, 5) is 27.2. The Kier molecular flexibility index (Phi) is 4.24. The maximum atomic E-state index is 12.9. The van der Waals surface area contributed by atoms with E-state index in [9.17, 15) is 9.59 Å². The van der Waals surface area contributed by atoms with Crippen molar-refractivity contribution >= 4 is 11.8 Å². The van der Waals surface area contributed by atoms with Crippen LogP contribution in [0.1, 0.15) is 38.5 Å². The lowest BCUT2D eigenvalue weighted by Crippen LogP contribution is -2.51. The molecule has 136 valence electrons. The predicted molar refractivity (Wildman–Crippen MR) is 94.4 cm³/mol. The number of piperidine rings is 1. The number of benzene rings is 1. The van der Waals surface area contributed by atoms with Crippen molar-refractivity contribution < 1.29 is 14.7 Å². The number of fused-ring (bicyclic) bond motifs is 1. The summed E-state index contributed by atoms with van der Waals surface area (Å²) in [6, 6.07) is 9.06. The average molecular weight is 354 g/mol. The van der Waals surface area contributed by atoms with Crippen molar-refractivity contribution in [3.8, 4) is 0 Å². The second kappa shape index (κ2) is 6.57. The minimum Gasteiger partial charge on any atom is -0.390 e. The molecule has 2 aromatic rings. The molecule has 2 aliphatic rings. The molecule has 7 nitrogen and oxygen atoms in total. The van der Waals surface area contributed by atoms with Crippen LogP contribution in [0.2, 0.25) is 0 Å². The van der Waals surface area contributed by atoms with Crippen LogP contribution >= 0.6 is 0 Å². The molecule has 0 unspecified atom stereocenters. The minimum absolute atomic E-state index is 0.0232. The molecule has 7 heteroatoms. The van der Waals surface area contributed by atoms with Gasteiger partial charge >= 0.3 is 0 Å². The molecule has 1 aliphatic carbocycles. The molecule has 1 saturated carbocycles. The summed E-state index contributed by atoms with van der Waals surface area (Å²) in [6.45, 7) is 3.01. The van der Waals surface area contributed by atoms with Crippen LogP contribution in [0.5, 0.6) is 0 Å². The van der Waals surface area contributed by atoms with Gasteiger partial charge in [0.15, 0.2) is 0 Å². The molecule has 2 fully saturated rings. The van der Waals surface area contributed by atoms with E-state index in [4.69, 9.17) is 5.11 Å². The Bertz CT molecular complexity index is 847. The Morgan fingerprint density at radius 3 is 2.88 bits per heavy atom. The Hall–Kier alpha value is -2.67. The molecule has 1 aliphatic heterocycles. The van der Waals surface area contributed by atoms with E-state index in [2.05, 4.69) is 15.5 Å². The smallest absolute Gasteiger partial charge is 0.272 e. The van der Waals surface area contributed by atoms with Crippen molar-refractivity contribution in [3.63, 3.8) is 0 Å². The first-order chi connectivity index (χ1) is 12.6. The number of carbonyl (C=O) groups excluding carboxylic acids is 2. The monoisotopic (exact) mass is 354 g/mol. The van der Waals surface area contributed by atoms with Gasteiger partial charge in [0.05, 0.1) is 12.3 Å². The fourth-order valence-electron chi connectivity index (χ4n) is 3.81. The molecular weight excluding hydrogens is 332 g/mol. The van der Waals surface area contributed by atoms with E-state index in [0.29, 0.717) is 24.1 Å². The maximum Gasteiger partial charge on any atom is 0.272 e. The van der Waals surface area contributed by atoms with E-state index >= 15 is 0 Å². The molecule has 0 spiro atoms. The topological polar surface area (TPSA) is 98.3 Å². The first-order valence-corrected chi connectivity index (χ1v) is 8.87. The van der Waals surface area contributed by atoms with Crippen LogP contribution in [-0.4, -0.2) is 51.1 Å². The fraction of sp³-hybridized carbons (Fsp3) is 0.421. The van der Waals surface area contributed by atoms with Crippen molar-refractivity contribution in [2.45, 2.75) is 26.0 Å². The molecule has 1 aromatic heterocycles. The van der Waals surface area contributed by atoms with Gasteiger partial charge in [-0.3, -0.25) is 14.7 Å². The van der Waals surface area contributed by atoms with Crippen LogP contribution in [-0.2, 0) is 6.61 Å². The predicted octanol–water partition coefficient (Wildman–Crippen LogP) is 1.10. The van der Waals surface area contributed by atoms with Gasteiger partial charge in [-0.1, -0.05) is 18.2 Å². The van der Waals surface area contributed by atoms with Gasteiger partial charge in [-0.05, 0) is 42.9 Å². The van der Waals surface area contributed by atoms with Gasteiger partial charge in [0, 0.05) is 24.7 Å². The fourth-order valence-corrected chi connectivity index (χ4v) is 3.81. The van der Waals surface area contributed by atoms with Crippen LogP contribution in [0.25, 0.3) is 0 Å². The summed E-state index contributed by atoms with van der Waals surface area (Å²) in [6.07, 6.45) is 1.03. The number of hydrogen-bond donors (Lipinski definition) is 3. The Labute approximate surface area is 151 Å². The molecule has 1 saturated heterocycles. The number of aliphatic hydroxyl groups is 1. The summed E-state index contributed by atoms with van der Waals surface area (Å²) in [5.74, 6) is 0.627. The lowest BCUT2D eigenvalue weighted by atomic mass is 10.0. The highest BCUT2D eigenvalue weighted by molar-refractivity contribution is 5.96. The summed E-state index contributed by atoms with van der Waals surface area (Å²) < 4.78 is 0. The van der Waals surface area contributed by atoms with Crippen molar-refractivity contribution in [2.75, 3.05) is 13.1 Å². The Balaban J connectivity index is 1.46. The van der Waals surface area contributed by atoms with Crippen LogP contribution in [0.4, 0.5) is 0 Å². The highest BCUT2D eigenvalue weighted by atomic mass is 16.3. The zero-order chi connectivity index (χ0) is 18.3. The first kappa shape index (κ1) is 16.8. The second-order valence-corrected chi connectivity index (χ2v) is 7.20. The lowest BCUT2D eigenvalue weighted by molar-refractivity contribution is 0.0664. The molecule has 0 bridgehead atoms. The lowest BCUT2D eigenvalue weighted by Gasteiger charge is -2.33. The van der Waals surface area contributed by atoms with Gasteiger partial charge in [0.25, 0.3) is 11.8 Å². The normalized spacial score (nSPS) is 24.1. The van der Waals surface area contributed by atoms with Crippen LogP contribution in [0.15, 0.2) is 30.3 Å². The number of H-pyrrole nitrogens is 1. The first-order valence-electron chi connectivity index (χ1n) is 8.87. The van der Waals surface area contributed by atoms with E-state index in [1.54, 1.807) is 6.07 Å². The third-order valence-corrected chi connectivity index (χ3v) is 5.38. The molecule has 3 atom stereocenters. The van der Waals surface area contributed by atoms with E-state index < -0.39 is 0 Å². The highest BCUT2D eigenvalue weighted by Crippen LogP contribution is 2.45. The highest BCUT2D eigenvalue weighted by Gasteiger charge is 2.49. The van der Waals surface area contributed by atoms with Crippen LogP contribution < -0.4 is 5.32 Å². The van der Waals surface area contributed by atoms with Gasteiger partial charge in [0.2, 0.25) is 0 Å². The molecule has 2 amide bonds. The van der Waals surface area contributed by atoms with E-state index in [0.717, 1.165) is 24.1 Å². The number of aliphatic hydroxyl groups excluding tert-OH is 1. The standard InChI is InChI=1S/C19H22N4O3/c1-11-4-2-3-5-14(11)19(26)23-8-12-6-15(12)17(9-23)20-18(25)16-7-13(10-24)21-22-16/h2-5,7,12,15,17,24H,6,8-10H2,1H3,(H,20,25)(H,21,22)/t12-,15-,17-/m0/s1. The number of aryl methyl sites for hydroxylation is 1. The van der Waals surface area contributed by atoms with E-state index in [-0.39, 0.29) is 30.2 Å². The van der Waals surface area contributed by atoms with Gasteiger partial charge in [-0.15, -0.1) is 0 Å². The van der Waals surface area contributed by atoms with E-state index in [1.807, 2.05) is 36.1 Å². The third kappa shape index (κ3) is 3.10. The zero-order valence-corrected chi connectivity index (χ0v) is 14.6. The van der Waals surface area contributed by atoms with Crippen LogP contribution in [0, 0.1) is 18.8 Å². The quantitative estimate of drug-likeness (QED) is 0.766. The van der Waals surface area contributed by atoms with Gasteiger partial charge in [0.1, 0.15) is 5.69 Å². The molecule has 1 aromatic carbocycles. The molecule has 0 radical (unpaired) electrons. The number of nitrogens with one attached hydrogen (secondary N) is 2. The largest absolute Gasteiger partial charge is 0.390 e. The Morgan fingerprint density at radius 2 is 2.15 bits per heavy atom. The molecule has 4 rings (SSSR count). The molecular formula is C19H22N4O3. The van der Waals surface area contributed by atoms with E-state index in [1.165, 1.54) is 0 Å². The summed E-state index contributed by atoms with van der Waals surface area (Å²) >= 11 is 0. The number of nitrogens with zero attached hydrogens (tertiary/aromatic N) is 2. The van der Waals surface area contributed by atoms with Crippen molar-refractivity contribution in [1.29, 1.82) is 0 Å². The number of hydrogen-bond acceptors (Lipinski definition) is 4. The Morgan fingerprint density at radius 1 is 1.35 bits per heavy atom. The van der Waals surface area contributed by atoms with Gasteiger partial charge < -0.3 is 15.3 Å². The molecule has 2 heterocycles. The average Bonchev–Trinajstić information content (AvgIpc) is 3.27. The number of rotatable bonds is 4. The molecule has 3 N–H and O–H groups in total. The maximum absolute atomic E-state index is 12.9. The second-order valence-electron chi connectivity index (χ2n) is 7.20. The zero-order valence-electron chi connectivity index (χ0n) is 14.6.